The second-order valence-electron chi connectivity index (χ2n) is 5.49. The van der Waals surface area contributed by atoms with Gasteiger partial charge in [0.25, 0.3) is 0 Å². The first kappa shape index (κ1) is 17.0. The standard InChI is InChI=1S/C13H24N4O2S/c1-9(2)5-11(18)6-14-12(19)7-20-13-16-15-8-17(13)10(3)4/h8-11,18H,5-7H2,1-4H3,(H,14,19). The number of carbonyl (C=O) groups excluding carboxylic acids is 1. The summed E-state index contributed by atoms with van der Waals surface area (Å²) in [5.74, 6) is 0.594. The molecule has 6 nitrogen and oxygen atoms in total. The van der Waals surface area contributed by atoms with E-state index >= 15 is 0 Å². The molecule has 0 aliphatic heterocycles. The number of nitrogens with zero attached hydrogens (tertiary/aromatic N) is 3. The molecule has 2 N–H and O–H groups in total. The van der Waals surface area contributed by atoms with Gasteiger partial charge >= 0.3 is 0 Å². The van der Waals surface area contributed by atoms with Gasteiger partial charge in [0.2, 0.25) is 5.91 Å². The molecule has 20 heavy (non-hydrogen) atoms. The highest BCUT2D eigenvalue weighted by atomic mass is 32.2. The van der Waals surface area contributed by atoms with Gasteiger partial charge in [-0.3, -0.25) is 4.79 Å². The lowest BCUT2D eigenvalue weighted by molar-refractivity contribution is -0.119. The zero-order chi connectivity index (χ0) is 15.1. The number of aromatic nitrogens is 3. The van der Waals surface area contributed by atoms with E-state index in [4.69, 9.17) is 0 Å². The second-order valence-corrected chi connectivity index (χ2v) is 6.43. The van der Waals surface area contributed by atoms with Crippen molar-refractivity contribution in [1.82, 2.24) is 20.1 Å². The predicted octanol–water partition coefficient (Wildman–Crippen LogP) is 1.47. The SMILES string of the molecule is CC(C)CC(O)CNC(=O)CSc1nncn1C(C)C. The van der Waals surface area contributed by atoms with Gasteiger partial charge in [-0.05, 0) is 26.2 Å². The van der Waals surface area contributed by atoms with E-state index in [1.807, 2.05) is 32.3 Å². The zero-order valence-corrected chi connectivity index (χ0v) is 13.4. The third kappa shape index (κ3) is 5.92. The summed E-state index contributed by atoms with van der Waals surface area (Å²) in [6, 6.07) is 0.267. The fraction of sp³-hybridized carbons (Fsp3) is 0.769. The van der Waals surface area contributed by atoms with E-state index in [1.54, 1.807) is 6.33 Å². The van der Waals surface area contributed by atoms with Crippen molar-refractivity contribution in [2.45, 2.75) is 51.4 Å². The number of rotatable bonds is 8. The molecule has 0 fully saturated rings. The van der Waals surface area contributed by atoms with Crippen LogP contribution in [0, 0.1) is 5.92 Å². The Labute approximate surface area is 124 Å². The number of nitrogens with one attached hydrogen (secondary N) is 1. The van der Waals surface area contributed by atoms with Gasteiger partial charge in [-0.2, -0.15) is 0 Å². The van der Waals surface area contributed by atoms with Gasteiger partial charge in [-0.1, -0.05) is 25.6 Å². The number of carbonyl (C=O) groups is 1. The maximum absolute atomic E-state index is 11.7. The van der Waals surface area contributed by atoms with Crippen molar-refractivity contribution in [2.75, 3.05) is 12.3 Å². The molecule has 1 amide bonds. The van der Waals surface area contributed by atoms with Gasteiger partial charge in [0.1, 0.15) is 6.33 Å². The number of hydrogen-bond acceptors (Lipinski definition) is 5. The summed E-state index contributed by atoms with van der Waals surface area (Å²) >= 11 is 1.35. The Morgan fingerprint density at radius 2 is 2.15 bits per heavy atom. The van der Waals surface area contributed by atoms with E-state index in [0.29, 0.717) is 18.9 Å². The summed E-state index contributed by atoms with van der Waals surface area (Å²) in [4.78, 5) is 11.7. The minimum Gasteiger partial charge on any atom is -0.391 e. The Morgan fingerprint density at radius 1 is 1.45 bits per heavy atom. The van der Waals surface area contributed by atoms with Crippen LogP contribution in [0.4, 0.5) is 0 Å². The molecule has 0 aliphatic rings. The largest absolute Gasteiger partial charge is 0.391 e. The lowest BCUT2D eigenvalue weighted by Gasteiger charge is -2.14. The fourth-order valence-electron chi connectivity index (χ4n) is 1.73. The van der Waals surface area contributed by atoms with Crippen LogP contribution in [0.2, 0.25) is 0 Å². The Hall–Kier alpha value is -1.08. The van der Waals surface area contributed by atoms with Crippen LogP contribution in [0.25, 0.3) is 0 Å². The molecular formula is C13H24N4O2S. The van der Waals surface area contributed by atoms with Crippen molar-refractivity contribution in [1.29, 1.82) is 0 Å². The highest BCUT2D eigenvalue weighted by Crippen LogP contribution is 2.18. The fourth-order valence-corrected chi connectivity index (χ4v) is 2.60. The molecular weight excluding hydrogens is 276 g/mol. The van der Waals surface area contributed by atoms with Crippen molar-refractivity contribution in [3.05, 3.63) is 6.33 Å². The van der Waals surface area contributed by atoms with E-state index in [1.165, 1.54) is 11.8 Å². The van der Waals surface area contributed by atoms with Crippen LogP contribution >= 0.6 is 11.8 Å². The minimum atomic E-state index is -0.483. The molecule has 1 unspecified atom stereocenters. The Bertz CT molecular complexity index is 420. The van der Waals surface area contributed by atoms with E-state index < -0.39 is 6.10 Å². The first-order valence-electron chi connectivity index (χ1n) is 6.87. The van der Waals surface area contributed by atoms with Crippen LogP contribution < -0.4 is 5.32 Å². The van der Waals surface area contributed by atoms with Gasteiger partial charge in [-0.25, -0.2) is 0 Å². The molecule has 0 radical (unpaired) electrons. The van der Waals surface area contributed by atoms with Crippen molar-refractivity contribution < 1.29 is 9.90 Å². The maximum Gasteiger partial charge on any atom is 0.230 e. The first-order valence-corrected chi connectivity index (χ1v) is 7.85. The highest BCUT2D eigenvalue weighted by molar-refractivity contribution is 7.99. The molecule has 114 valence electrons. The van der Waals surface area contributed by atoms with Crippen LogP contribution in [0.1, 0.15) is 40.2 Å². The number of amides is 1. The molecule has 1 atom stereocenters. The average molecular weight is 300 g/mol. The van der Waals surface area contributed by atoms with Gasteiger partial charge in [0.05, 0.1) is 11.9 Å². The van der Waals surface area contributed by atoms with Gasteiger partial charge < -0.3 is 15.0 Å². The lowest BCUT2D eigenvalue weighted by Crippen LogP contribution is -2.33. The summed E-state index contributed by atoms with van der Waals surface area (Å²) < 4.78 is 1.92. The molecule has 1 aromatic heterocycles. The highest BCUT2D eigenvalue weighted by Gasteiger charge is 2.12. The molecule has 0 aliphatic carbocycles. The number of thioether (sulfide) groups is 1. The predicted molar refractivity (Wildman–Crippen MR) is 79.6 cm³/mol. The Morgan fingerprint density at radius 3 is 2.75 bits per heavy atom. The first-order chi connectivity index (χ1) is 9.40. The summed E-state index contributed by atoms with van der Waals surface area (Å²) in [6.45, 7) is 8.46. The van der Waals surface area contributed by atoms with Gasteiger partial charge in [0, 0.05) is 12.6 Å². The van der Waals surface area contributed by atoms with Crippen LogP contribution in [0.3, 0.4) is 0 Å². The van der Waals surface area contributed by atoms with Crippen molar-refractivity contribution in [3.8, 4) is 0 Å². The third-order valence-corrected chi connectivity index (χ3v) is 3.66. The minimum absolute atomic E-state index is 0.101. The van der Waals surface area contributed by atoms with Gasteiger partial charge in [0.15, 0.2) is 5.16 Å². The Balaban J connectivity index is 2.31. The molecule has 7 heteroatoms. The molecule has 1 aromatic rings. The van der Waals surface area contributed by atoms with Gasteiger partial charge in [-0.15, -0.1) is 10.2 Å². The summed E-state index contributed by atoms with van der Waals surface area (Å²) in [6.07, 6.45) is 1.87. The quantitative estimate of drug-likeness (QED) is 0.711. The second kappa shape index (κ2) is 8.26. The Kier molecular flexibility index (Phi) is 7.01. The molecule has 0 saturated heterocycles. The van der Waals surface area contributed by atoms with Crippen LogP contribution in [-0.4, -0.2) is 44.2 Å². The molecule has 0 aromatic carbocycles. The van der Waals surface area contributed by atoms with Crippen molar-refractivity contribution >= 4 is 17.7 Å². The lowest BCUT2D eigenvalue weighted by atomic mass is 10.1. The van der Waals surface area contributed by atoms with E-state index in [9.17, 15) is 9.90 Å². The van der Waals surface area contributed by atoms with E-state index in [0.717, 1.165) is 5.16 Å². The normalized spacial score (nSPS) is 12.9. The smallest absolute Gasteiger partial charge is 0.230 e. The molecule has 0 saturated carbocycles. The van der Waals surface area contributed by atoms with Crippen molar-refractivity contribution in [2.24, 2.45) is 5.92 Å². The molecule has 0 spiro atoms. The third-order valence-electron chi connectivity index (χ3n) is 2.71. The summed E-state index contributed by atoms with van der Waals surface area (Å²) in [7, 11) is 0. The van der Waals surface area contributed by atoms with Crippen LogP contribution in [-0.2, 0) is 4.79 Å². The van der Waals surface area contributed by atoms with E-state index in [-0.39, 0.29) is 17.7 Å². The summed E-state index contributed by atoms with van der Waals surface area (Å²) in [5, 5.41) is 21.0. The topological polar surface area (TPSA) is 80.0 Å². The number of hydrogen-bond donors (Lipinski definition) is 2. The van der Waals surface area contributed by atoms with E-state index in [2.05, 4.69) is 15.5 Å². The van der Waals surface area contributed by atoms with Crippen LogP contribution in [0.15, 0.2) is 11.5 Å². The summed E-state index contributed by atoms with van der Waals surface area (Å²) in [5.41, 5.74) is 0. The van der Waals surface area contributed by atoms with Crippen LogP contribution in [0.5, 0.6) is 0 Å². The molecule has 1 heterocycles. The maximum atomic E-state index is 11.7. The molecule has 0 bridgehead atoms. The number of aliphatic hydroxyl groups excluding tert-OH is 1. The molecule has 1 rings (SSSR count). The number of aliphatic hydroxyl groups is 1. The zero-order valence-electron chi connectivity index (χ0n) is 12.5. The van der Waals surface area contributed by atoms with Crippen molar-refractivity contribution in [3.63, 3.8) is 0 Å². The monoisotopic (exact) mass is 300 g/mol. The average Bonchev–Trinajstić information content (AvgIpc) is 2.81.